The number of anilines is 1. The molecule has 162 valence electrons. The molecule has 1 atom stereocenters. The summed E-state index contributed by atoms with van der Waals surface area (Å²) in [6.07, 6.45) is 1.90. The summed E-state index contributed by atoms with van der Waals surface area (Å²) in [7, 11) is -3.53. The van der Waals surface area contributed by atoms with Crippen LogP contribution < -0.4 is 10.0 Å². The number of carbonyl (C=O) groups is 1. The van der Waals surface area contributed by atoms with E-state index in [9.17, 15) is 13.2 Å². The molecule has 0 radical (unpaired) electrons. The van der Waals surface area contributed by atoms with E-state index in [0.29, 0.717) is 36.0 Å². The summed E-state index contributed by atoms with van der Waals surface area (Å²) in [6, 6.07) is 8.80. The molecule has 0 aliphatic carbocycles. The third kappa shape index (κ3) is 4.11. The van der Waals surface area contributed by atoms with Crippen molar-refractivity contribution < 1.29 is 17.6 Å². The molecule has 2 aliphatic heterocycles. The van der Waals surface area contributed by atoms with Crippen molar-refractivity contribution >= 4 is 21.6 Å². The van der Waals surface area contributed by atoms with E-state index in [1.54, 1.807) is 18.2 Å². The van der Waals surface area contributed by atoms with E-state index in [0.717, 1.165) is 25.0 Å². The minimum absolute atomic E-state index is 0.00719. The van der Waals surface area contributed by atoms with Crippen LogP contribution in [0.25, 0.3) is 0 Å². The molecule has 1 aromatic carbocycles. The Labute approximate surface area is 177 Å². The van der Waals surface area contributed by atoms with Crippen LogP contribution in [0.1, 0.15) is 48.6 Å². The summed E-state index contributed by atoms with van der Waals surface area (Å²) < 4.78 is 33.7. The standard InChI is InChI=1S/C22H29N3O4S/c1-14(2)12-17-13-18(15(3)29-17)22(26)25-10-8-16(9-11-25)21-23-19-6-4-5-7-20(19)30(27,28)24-21/h4-7,13-14,16,21,23-24H,8-12H2,1-3H3. The van der Waals surface area contributed by atoms with Gasteiger partial charge in [-0.15, -0.1) is 0 Å². The zero-order valence-corrected chi connectivity index (χ0v) is 18.5. The zero-order valence-electron chi connectivity index (χ0n) is 17.6. The third-order valence-corrected chi connectivity index (χ3v) is 7.38. The maximum Gasteiger partial charge on any atom is 0.257 e. The van der Waals surface area contributed by atoms with Crippen molar-refractivity contribution in [2.75, 3.05) is 18.4 Å². The number of nitrogens with one attached hydrogen (secondary N) is 2. The number of rotatable bonds is 4. The zero-order chi connectivity index (χ0) is 21.5. The lowest BCUT2D eigenvalue weighted by molar-refractivity contribution is 0.0677. The first-order valence-electron chi connectivity index (χ1n) is 10.5. The number of aryl methyl sites for hydroxylation is 1. The normalized spacial score (nSPS) is 21.3. The molecule has 1 unspecified atom stereocenters. The Kier molecular flexibility index (Phi) is 5.63. The second-order valence-corrected chi connectivity index (χ2v) is 10.3. The van der Waals surface area contributed by atoms with Crippen LogP contribution in [0.2, 0.25) is 0 Å². The summed E-state index contributed by atoms with van der Waals surface area (Å²) in [4.78, 5) is 15.1. The van der Waals surface area contributed by atoms with Gasteiger partial charge in [0.25, 0.3) is 5.91 Å². The molecule has 4 rings (SSSR count). The Bertz CT molecular complexity index is 1040. The monoisotopic (exact) mass is 431 g/mol. The topological polar surface area (TPSA) is 91.7 Å². The number of hydrogen-bond donors (Lipinski definition) is 2. The highest BCUT2D eigenvalue weighted by Crippen LogP contribution is 2.31. The van der Waals surface area contributed by atoms with Gasteiger partial charge in [0.1, 0.15) is 16.4 Å². The van der Waals surface area contributed by atoms with Gasteiger partial charge in [0.15, 0.2) is 0 Å². The van der Waals surface area contributed by atoms with Gasteiger partial charge in [-0.3, -0.25) is 4.79 Å². The molecule has 2 N–H and O–H groups in total. The summed E-state index contributed by atoms with van der Waals surface area (Å²) >= 11 is 0. The number of nitrogens with zero attached hydrogens (tertiary/aromatic N) is 1. The molecule has 2 aliphatic rings. The van der Waals surface area contributed by atoms with Gasteiger partial charge in [0.05, 0.1) is 17.4 Å². The van der Waals surface area contributed by atoms with Crippen molar-refractivity contribution in [3.63, 3.8) is 0 Å². The van der Waals surface area contributed by atoms with Gasteiger partial charge in [0.2, 0.25) is 10.0 Å². The van der Waals surface area contributed by atoms with Gasteiger partial charge >= 0.3 is 0 Å². The second-order valence-electron chi connectivity index (χ2n) is 8.65. The molecule has 30 heavy (non-hydrogen) atoms. The molecule has 8 heteroatoms. The Morgan fingerprint density at radius 1 is 1.23 bits per heavy atom. The number of fused-ring (bicyclic) bond motifs is 1. The predicted octanol–water partition coefficient (Wildman–Crippen LogP) is 3.37. The van der Waals surface area contributed by atoms with Crippen LogP contribution in [0.4, 0.5) is 5.69 Å². The average Bonchev–Trinajstić information content (AvgIpc) is 3.06. The van der Waals surface area contributed by atoms with Gasteiger partial charge in [-0.25, -0.2) is 8.42 Å². The third-order valence-electron chi connectivity index (χ3n) is 5.88. The highest BCUT2D eigenvalue weighted by atomic mass is 32.2. The van der Waals surface area contributed by atoms with E-state index in [1.165, 1.54) is 0 Å². The van der Waals surface area contributed by atoms with Crippen LogP contribution in [-0.2, 0) is 16.4 Å². The van der Waals surface area contributed by atoms with Crippen LogP contribution in [-0.4, -0.2) is 38.5 Å². The number of carbonyl (C=O) groups excluding carboxylic acids is 1. The minimum atomic E-state index is -3.53. The summed E-state index contributed by atoms with van der Waals surface area (Å²) in [5.74, 6) is 2.08. The number of para-hydroxylation sites is 1. The fourth-order valence-electron chi connectivity index (χ4n) is 4.33. The van der Waals surface area contributed by atoms with Crippen LogP contribution in [0.15, 0.2) is 39.6 Å². The lowest BCUT2D eigenvalue weighted by atomic mass is 9.93. The van der Waals surface area contributed by atoms with Crippen LogP contribution >= 0.6 is 0 Å². The van der Waals surface area contributed by atoms with E-state index >= 15 is 0 Å². The first-order chi connectivity index (χ1) is 14.2. The lowest BCUT2D eigenvalue weighted by Gasteiger charge is -2.38. The van der Waals surface area contributed by atoms with Crippen molar-refractivity contribution in [2.45, 2.75) is 51.1 Å². The van der Waals surface area contributed by atoms with Gasteiger partial charge < -0.3 is 14.6 Å². The number of likely N-dealkylation sites (tertiary alicyclic amines) is 1. The lowest BCUT2D eigenvalue weighted by Crippen LogP contribution is -2.52. The Hall–Kier alpha value is -2.32. The number of benzene rings is 1. The molecule has 1 saturated heterocycles. The van der Waals surface area contributed by atoms with E-state index in [2.05, 4.69) is 23.9 Å². The highest BCUT2D eigenvalue weighted by Gasteiger charge is 2.36. The van der Waals surface area contributed by atoms with Gasteiger partial charge in [-0.1, -0.05) is 26.0 Å². The van der Waals surface area contributed by atoms with E-state index in [1.807, 2.05) is 24.0 Å². The largest absolute Gasteiger partial charge is 0.466 e. The fraction of sp³-hybridized carbons (Fsp3) is 0.500. The molecular formula is C22H29N3O4S. The molecule has 2 aromatic rings. The molecule has 1 aromatic heterocycles. The molecule has 0 bridgehead atoms. The highest BCUT2D eigenvalue weighted by molar-refractivity contribution is 7.89. The summed E-state index contributed by atoms with van der Waals surface area (Å²) in [5, 5.41) is 3.32. The smallest absolute Gasteiger partial charge is 0.257 e. The van der Waals surface area contributed by atoms with Crippen molar-refractivity contribution in [1.29, 1.82) is 0 Å². The maximum absolute atomic E-state index is 13.0. The molecule has 0 spiro atoms. The van der Waals surface area contributed by atoms with Crippen molar-refractivity contribution in [2.24, 2.45) is 11.8 Å². The molecule has 1 amide bonds. The number of sulfonamides is 1. The van der Waals surface area contributed by atoms with E-state index < -0.39 is 10.0 Å². The van der Waals surface area contributed by atoms with E-state index in [4.69, 9.17) is 4.42 Å². The van der Waals surface area contributed by atoms with Gasteiger partial charge in [0, 0.05) is 19.5 Å². The average molecular weight is 432 g/mol. The quantitative estimate of drug-likeness (QED) is 0.774. The summed E-state index contributed by atoms with van der Waals surface area (Å²) in [6.45, 7) is 7.26. The molecule has 0 saturated carbocycles. The van der Waals surface area contributed by atoms with Crippen LogP contribution in [0.3, 0.4) is 0 Å². The SMILES string of the molecule is Cc1oc(CC(C)C)cc1C(=O)N1CCC(C2Nc3ccccc3S(=O)(=O)N2)CC1. The number of furan rings is 1. The molecular weight excluding hydrogens is 402 g/mol. The van der Waals surface area contributed by atoms with Crippen molar-refractivity contribution in [3.8, 4) is 0 Å². The van der Waals surface area contributed by atoms with Crippen molar-refractivity contribution in [1.82, 2.24) is 9.62 Å². The van der Waals surface area contributed by atoms with Crippen LogP contribution in [0.5, 0.6) is 0 Å². The number of amides is 1. The Morgan fingerprint density at radius 3 is 2.63 bits per heavy atom. The van der Waals surface area contributed by atoms with Gasteiger partial charge in [-0.2, -0.15) is 4.72 Å². The Morgan fingerprint density at radius 2 is 1.93 bits per heavy atom. The van der Waals surface area contributed by atoms with Gasteiger partial charge in [-0.05, 0) is 49.8 Å². The first-order valence-corrected chi connectivity index (χ1v) is 12.0. The van der Waals surface area contributed by atoms with Crippen LogP contribution in [0, 0.1) is 18.8 Å². The number of hydrogen-bond acceptors (Lipinski definition) is 5. The maximum atomic E-state index is 13.0. The minimum Gasteiger partial charge on any atom is -0.466 e. The summed E-state index contributed by atoms with van der Waals surface area (Å²) in [5.41, 5.74) is 1.26. The number of piperidine rings is 1. The predicted molar refractivity (Wildman–Crippen MR) is 115 cm³/mol. The molecule has 1 fully saturated rings. The molecule has 7 nitrogen and oxygen atoms in total. The first kappa shape index (κ1) is 20.9. The Balaban J connectivity index is 1.41. The second kappa shape index (κ2) is 8.07. The van der Waals surface area contributed by atoms with Crippen molar-refractivity contribution in [3.05, 3.63) is 47.4 Å². The fourth-order valence-corrected chi connectivity index (χ4v) is 5.71. The van der Waals surface area contributed by atoms with E-state index in [-0.39, 0.29) is 22.9 Å². The molecule has 3 heterocycles.